The van der Waals surface area contributed by atoms with E-state index < -0.39 is 0 Å². The molecule has 3 heterocycles. The third-order valence-electron chi connectivity index (χ3n) is 6.03. The van der Waals surface area contributed by atoms with E-state index in [9.17, 15) is 9.18 Å². The molecule has 4 nitrogen and oxygen atoms in total. The second-order valence-corrected chi connectivity index (χ2v) is 9.39. The lowest BCUT2D eigenvalue weighted by molar-refractivity contribution is 0.0976. The summed E-state index contributed by atoms with van der Waals surface area (Å²) >= 11 is 1.66. The van der Waals surface area contributed by atoms with E-state index >= 15 is 0 Å². The van der Waals surface area contributed by atoms with E-state index in [0.717, 1.165) is 61.3 Å². The summed E-state index contributed by atoms with van der Waals surface area (Å²) in [6.07, 6.45) is 7.00. The molecule has 1 aliphatic heterocycles. The van der Waals surface area contributed by atoms with Crippen molar-refractivity contribution in [3.05, 3.63) is 51.6 Å². The molecule has 3 aromatic rings. The largest absolute Gasteiger partial charge is 0.356 e. The zero-order valence-corrected chi connectivity index (χ0v) is 18.3. The average molecular weight is 429 g/mol. The van der Waals surface area contributed by atoms with Gasteiger partial charge in [0.2, 0.25) is 0 Å². The number of hydrogen-bond donors (Lipinski definition) is 0. The van der Waals surface area contributed by atoms with Gasteiger partial charge in [0, 0.05) is 28.7 Å². The third-order valence-corrected chi connectivity index (χ3v) is 7.21. The van der Waals surface area contributed by atoms with Crippen LogP contribution < -0.4 is 0 Å². The first-order valence-corrected chi connectivity index (χ1v) is 11.8. The number of ketones is 1. The maximum Gasteiger partial charge on any atom is 0.172 e. The Bertz CT molecular complexity index is 988. The van der Waals surface area contributed by atoms with Crippen LogP contribution in [0.15, 0.2) is 34.9 Å². The Balaban J connectivity index is 1.22. The number of carbonyl (C=O) groups excluding carboxylic acids is 1. The number of carbonyl (C=O) groups is 1. The summed E-state index contributed by atoms with van der Waals surface area (Å²) in [5.74, 6) is 0.329. The number of rotatable bonds is 9. The minimum absolute atomic E-state index is 0.277. The highest BCUT2D eigenvalue weighted by Gasteiger charge is 2.25. The monoisotopic (exact) mass is 428 g/mol. The Hall–Kier alpha value is -2.05. The molecule has 4 rings (SSSR count). The summed E-state index contributed by atoms with van der Waals surface area (Å²) < 4.78 is 18.7. The minimum Gasteiger partial charge on any atom is -0.356 e. The van der Waals surface area contributed by atoms with E-state index in [2.05, 4.69) is 23.0 Å². The van der Waals surface area contributed by atoms with E-state index in [1.807, 2.05) is 6.07 Å². The predicted octanol–water partition coefficient (Wildman–Crippen LogP) is 6.21. The summed E-state index contributed by atoms with van der Waals surface area (Å²) in [4.78, 5) is 17.1. The van der Waals surface area contributed by atoms with Gasteiger partial charge < -0.3 is 9.42 Å². The van der Waals surface area contributed by atoms with E-state index in [1.54, 1.807) is 17.4 Å². The summed E-state index contributed by atoms with van der Waals surface area (Å²) in [6, 6.07) is 8.75. The Morgan fingerprint density at radius 1 is 1.23 bits per heavy atom. The molecule has 30 heavy (non-hydrogen) atoms. The molecule has 1 aliphatic rings. The number of unbranched alkanes of at least 4 members (excludes halogenated alkanes) is 1. The van der Waals surface area contributed by atoms with E-state index in [0.29, 0.717) is 17.9 Å². The number of halogens is 1. The number of nitrogens with zero attached hydrogens (tertiary/aromatic N) is 2. The number of fused-ring (bicyclic) bond motifs is 1. The Morgan fingerprint density at radius 2 is 2.07 bits per heavy atom. The highest BCUT2D eigenvalue weighted by molar-refractivity contribution is 7.14. The third kappa shape index (κ3) is 4.98. The van der Waals surface area contributed by atoms with Crippen LogP contribution in [0.5, 0.6) is 0 Å². The molecule has 0 bridgehead atoms. The van der Waals surface area contributed by atoms with Crippen molar-refractivity contribution in [3.63, 3.8) is 0 Å². The van der Waals surface area contributed by atoms with Crippen LogP contribution in [0.4, 0.5) is 4.39 Å². The van der Waals surface area contributed by atoms with Gasteiger partial charge in [0.1, 0.15) is 5.82 Å². The van der Waals surface area contributed by atoms with Gasteiger partial charge in [-0.25, -0.2) is 4.39 Å². The van der Waals surface area contributed by atoms with Crippen LogP contribution in [0.2, 0.25) is 0 Å². The van der Waals surface area contributed by atoms with Gasteiger partial charge in [0.15, 0.2) is 11.4 Å². The number of benzene rings is 1. The van der Waals surface area contributed by atoms with Crippen molar-refractivity contribution >= 4 is 28.1 Å². The smallest absolute Gasteiger partial charge is 0.172 e. The van der Waals surface area contributed by atoms with Crippen LogP contribution in [0.3, 0.4) is 0 Å². The minimum atomic E-state index is -0.297. The van der Waals surface area contributed by atoms with Crippen LogP contribution >= 0.6 is 11.3 Å². The Kier molecular flexibility index (Phi) is 6.95. The number of Topliss-reactive ketones (excluding diaryl/α,β-unsaturated/α-hetero) is 1. The normalized spacial score (nSPS) is 15.8. The molecule has 0 unspecified atom stereocenters. The van der Waals surface area contributed by atoms with Crippen molar-refractivity contribution in [2.75, 3.05) is 19.6 Å². The summed E-state index contributed by atoms with van der Waals surface area (Å²) in [5, 5.41) is 5.15. The molecule has 0 N–H and O–H groups in total. The molecular weight excluding hydrogens is 399 g/mol. The second kappa shape index (κ2) is 9.84. The highest BCUT2D eigenvalue weighted by Crippen LogP contribution is 2.32. The van der Waals surface area contributed by atoms with E-state index in [-0.39, 0.29) is 11.6 Å². The van der Waals surface area contributed by atoms with Crippen molar-refractivity contribution in [2.45, 2.75) is 57.8 Å². The SMILES string of the molecule is CCCCc1ccc(C(=O)CCCN2CCC(c3noc4cc(F)ccc34)CC2)s1. The fourth-order valence-electron chi connectivity index (χ4n) is 4.25. The highest BCUT2D eigenvalue weighted by atomic mass is 32.1. The maximum absolute atomic E-state index is 13.4. The van der Waals surface area contributed by atoms with E-state index in [4.69, 9.17) is 4.52 Å². The van der Waals surface area contributed by atoms with E-state index in [1.165, 1.54) is 29.9 Å². The lowest BCUT2D eigenvalue weighted by Gasteiger charge is -2.31. The van der Waals surface area contributed by atoms with Gasteiger partial charge in [-0.2, -0.15) is 0 Å². The number of aryl methyl sites for hydroxylation is 1. The number of thiophene rings is 1. The molecule has 2 aromatic heterocycles. The first-order valence-electron chi connectivity index (χ1n) is 11.0. The summed E-state index contributed by atoms with van der Waals surface area (Å²) in [6.45, 7) is 5.14. The fraction of sp³-hybridized carbons (Fsp3) is 0.500. The maximum atomic E-state index is 13.4. The van der Waals surface area contributed by atoms with Crippen molar-refractivity contribution in [3.8, 4) is 0 Å². The molecule has 160 valence electrons. The van der Waals surface area contributed by atoms with Gasteiger partial charge >= 0.3 is 0 Å². The van der Waals surface area contributed by atoms with Crippen molar-refractivity contribution in [2.24, 2.45) is 0 Å². The molecular formula is C24H29FN2O2S. The molecule has 1 aromatic carbocycles. The quantitative estimate of drug-likeness (QED) is 0.380. The number of aromatic nitrogens is 1. The molecule has 0 spiro atoms. The number of piperidine rings is 1. The lowest BCUT2D eigenvalue weighted by atomic mass is 9.91. The molecule has 0 radical (unpaired) electrons. The van der Waals surface area contributed by atoms with Gasteiger partial charge in [-0.05, 0) is 76.0 Å². The predicted molar refractivity (Wildman–Crippen MR) is 119 cm³/mol. The topological polar surface area (TPSA) is 46.3 Å². The molecule has 0 saturated carbocycles. The summed E-state index contributed by atoms with van der Waals surface area (Å²) in [5.41, 5.74) is 1.48. The molecule has 6 heteroatoms. The molecule has 0 amide bonds. The first kappa shape index (κ1) is 21.2. The van der Waals surface area contributed by atoms with Crippen LogP contribution in [-0.2, 0) is 6.42 Å². The Morgan fingerprint density at radius 3 is 2.87 bits per heavy atom. The van der Waals surface area contributed by atoms with Gasteiger partial charge in [0.25, 0.3) is 0 Å². The number of hydrogen-bond acceptors (Lipinski definition) is 5. The molecule has 1 saturated heterocycles. The zero-order chi connectivity index (χ0) is 20.9. The molecule has 1 fully saturated rings. The number of likely N-dealkylation sites (tertiary alicyclic amines) is 1. The van der Waals surface area contributed by atoms with Crippen molar-refractivity contribution in [1.82, 2.24) is 10.1 Å². The van der Waals surface area contributed by atoms with Gasteiger partial charge in [-0.15, -0.1) is 11.3 Å². The molecule has 0 aliphatic carbocycles. The van der Waals surface area contributed by atoms with Crippen LogP contribution in [-0.4, -0.2) is 35.5 Å². The van der Waals surface area contributed by atoms with Crippen LogP contribution in [0, 0.1) is 5.82 Å². The van der Waals surface area contributed by atoms with Crippen molar-refractivity contribution in [1.29, 1.82) is 0 Å². The average Bonchev–Trinajstić information content (AvgIpc) is 3.39. The van der Waals surface area contributed by atoms with Gasteiger partial charge in [-0.3, -0.25) is 4.79 Å². The van der Waals surface area contributed by atoms with Crippen molar-refractivity contribution < 1.29 is 13.7 Å². The first-order chi connectivity index (χ1) is 14.6. The van der Waals surface area contributed by atoms with Gasteiger partial charge in [0.05, 0.1) is 10.6 Å². The standard InChI is InChI=1S/C24H29FN2O2S/c1-2-3-5-19-8-10-23(30-19)21(28)6-4-13-27-14-11-17(12-15-27)24-20-9-7-18(25)16-22(20)29-26-24/h7-10,16-17H,2-6,11-15H2,1H3. The van der Waals surface area contributed by atoms with Gasteiger partial charge in [-0.1, -0.05) is 18.5 Å². The van der Waals surface area contributed by atoms with Crippen LogP contribution in [0.1, 0.15) is 71.6 Å². The zero-order valence-electron chi connectivity index (χ0n) is 17.5. The summed E-state index contributed by atoms with van der Waals surface area (Å²) in [7, 11) is 0. The molecule has 0 atom stereocenters. The Labute approximate surface area is 181 Å². The lowest BCUT2D eigenvalue weighted by Crippen LogP contribution is -2.34. The van der Waals surface area contributed by atoms with Crippen LogP contribution in [0.25, 0.3) is 11.0 Å². The fourth-order valence-corrected chi connectivity index (χ4v) is 5.27. The second-order valence-electron chi connectivity index (χ2n) is 8.22.